The van der Waals surface area contributed by atoms with Crippen LogP contribution >= 0.6 is 0 Å². The lowest BCUT2D eigenvalue weighted by molar-refractivity contribution is 0.214. The van der Waals surface area contributed by atoms with Crippen LogP contribution in [0.1, 0.15) is 19.8 Å². The fourth-order valence-corrected chi connectivity index (χ4v) is 1.26. The Morgan fingerprint density at radius 1 is 1.64 bits per heavy atom. The predicted octanol–water partition coefficient (Wildman–Crippen LogP) is -0.306. The Labute approximate surface area is 68.0 Å². The standard InChI is InChI=1S/C8H18N2O/c1-6(5-11)4-10-8-2-7(9)3-8/h6-8,10-11H,2-5,9H2,1H3. The van der Waals surface area contributed by atoms with E-state index >= 15 is 0 Å². The van der Waals surface area contributed by atoms with Gasteiger partial charge < -0.3 is 16.2 Å². The van der Waals surface area contributed by atoms with Gasteiger partial charge in [-0.1, -0.05) is 6.92 Å². The summed E-state index contributed by atoms with van der Waals surface area (Å²) in [7, 11) is 0. The first-order valence-electron chi connectivity index (χ1n) is 4.32. The maximum absolute atomic E-state index is 8.73. The minimum Gasteiger partial charge on any atom is -0.396 e. The molecule has 0 aromatic carbocycles. The largest absolute Gasteiger partial charge is 0.396 e. The Kier molecular flexibility index (Phi) is 3.30. The Hall–Kier alpha value is -0.120. The molecule has 0 aromatic heterocycles. The maximum atomic E-state index is 8.73. The van der Waals surface area contributed by atoms with Crippen molar-refractivity contribution in [2.75, 3.05) is 13.2 Å². The first-order chi connectivity index (χ1) is 5.22. The van der Waals surface area contributed by atoms with Crippen LogP contribution in [0.3, 0.4) is 0 Å². The molecule has 0 bridgehead atoms. The quantitative estimate of drug-likeness (QED) is 0.526. The van der Waals surface area contributed by atoms with Crippen molar-refractivity contribution in [1.82, 2.24) is 5.32 Å². The molecule has 0 amide bonds. The molecule has 3 nitrogen and oxygen atoms in total. The van der Waals surface area contributed by atoms with Gasteiger partial charge in [0, 0.05) is 25.2 Å². The zero-order valence-corrected chi connectivity index (χ0v) is 7.09. The Morgan fingerprint density at radius 2 is 2.27 bits per heavy atom. The lowest BCUT2D eigenvalue weighted by atomic mass is 9.87. The lowest BCUT2D eigenvalue weighted by Crippen LogP contribution is -2.49. The molecule has 1 unspecified atom stereocenters. The third-order valence-electron chi connectivity index (χ3n) is 2.24. The van der Waals surface area contributed by atoms with Crippen molar-refractivity contribution in [3.8, 4) is 0 Å². The highest BCUT2D eigenvalue weighted by atomic mass is 16.3. The molecule has 0 spiro atoms. The molecule has 1 atom stereocenters. The van der Waals surface area contributed by atoms with Gasteiger partial charge in [0.2, 0.25) is 0 Å². The molecule has 0 heterocycles. The van der Waals surface area contributed by atoms with Gasteiger partial charge in [-0.3, -0.25) is 0 Å². The number of aliphatic hydroxyl groups excluding tert-OH is 1. The van der Waals surface area contributed by atoms with Crippen LogP contribution in [0, 0.1) is 5.92 Å². The van der Waals surface area contributed by atoms with Crippen molar-refractivity contribution in [2.45, 2.75) is 31.8 Å². The molecule has 11 heavy (non-hydrogen) atoms. The summed E-state index contributed by atoms with van der Waals surface area (Å²) in [5.74, 6) is 0.367. The van der Waals surface area contributed by atoms with E-state index in [2.05, 4.69) is 5.32 Å². The average molecular weight is 158 g/mol. The van der Waals surface area contributed by atoms with Gasteiger partial charge in [0.15, 0.2) is 0 Å². The molecule has 1 aliphatic rings. The molecule has 1 aliphatic carbocycles. The van der Waals surface area contributed by atoms with E-state index < -0.39 is 0 Å². The summed E-state index contributed by atoms with van der Waals surface area (Å²) >= 11 is 0. The van der Waals surface area contributed by atoms with Crippen molar-refractivity contribution < 1.29 is 5.11 Å². The van der Waals surface area contributed by atoms with E-state index in [1.807, 2.05) is 6.92 Å². The number of nitrogens with two attached hydrogens (primary N) is 1. The summed E-state index contributed by atoms with van der Waals surface area (Å²) in [6.07, 6.45) is 2.19. The summed E-state index contributed by atoms with van der Waals surface area (Å²) in [5.41, 5.74) is 5.62. The van der Waals surface area contributed by atoms with Gasteiger partial charge in [-0.05, 0) is 18.8 Å². The van der Waals surface area contributed by atoms with Crippen LogP contribution in [0.15, 0.2) is 0 Å². The molecular weight excluding hydrogens is 140 g/mol. The van der Waals surface area contributed by atoms with E-state index in [1.165, 1.54) is 0 Å². The molecule has 0 radical (unpaired) electrons. The molecule has 1 fully saturated rings. The number of nitrogens with one attached hydrogen (secondary N) is 1. The van der Waals surface area contributed by atoms with Crippen LogP contribution < -0.4 is 11.1 Å². The third kappa shape index (κ3) is 2.77. The highest BCUT2D eigenvalue weighted by Gasteiger charge is 2.25. The minimum absolute atomic E-state index is 0.270. The van der Waals surface area contributed by atoms with Crippen LogP contribution in [-0.2, 0) is 0 Å². The number of aliphatic hydroxyl groups is 1. The van der Waals surface area contributed by atoms with E-state index in [0.717, 1.165) is 19.4 Å². The second-order valence-corrected chi connectivity index (χ2v) is 3.62. The Morgan fingerprint density at radius 3 is 2.73 bits per heavy atom. The van der Waals surface area contributed by atoms with E-state index in [4.69, 9.17) is 10.8 Å². The molecule has 1 saturated carbocycles. The molecule has 4 N–H and O–H groups in total. The SMILES string of the molecule is CC(CO)CNC1CC(N)C1. The fraction of sp³-hybridized carbons (Fsp3) is 1.00. The van der Waals surface area contributed by atoms with Crippen LogP contribution in [0.5, 0.6) is 0 Å². The smallest absolute Gasteiger partial charge is 0.0468 e. The Balaban J connectivity index is 1.96. The molecule has 66 valence electrons. The Bertz CT molecular complexity index is 113. The summed E-state index contributed by atoms with van der Waals surface area (Å²) in [6, 6.07) is 1.02. The van der Waals surface area contributed by atoms with Crippen LogP contribution in [0.2, 0.25) is 0 Å². The van der Waals surface area contributed by atoms with E-state index in [0.29, 0.717) is 18.0 Å². The van der Waals surface area contributed by atoms with Gasteiger partial charge in [-0.2, -0.15) is 0 Å². The van der Waals surface area contributed by atoms with E-state index in [9.17, 15) is 0 Å². The minimum atomic E-state index is 0.270. The first-order valence-corrected chi connectivity index (χ1v) is 4.32. The molecule has 0 aromatic rings. The second kappa shape index (κ2) is 4.04. The topological polar surface area (TPSA) is 58.3 Å². The van der Waals surface area contributed by atoms with E-state index in [-0.39, 0.29) is 6.61 Å². The average Bonchev–Trinajstić information content (AvgIpc) is 1.95. The third-order valence-corrected chi connectivity index (χ3v) is 2.24. The van der Waals surface area contributed by atoms with Gasteiger partial charge in [0.05, 0.1) is 0 Å². The summed E-state index contributed by atoms with van der Waals surface area (Å²) < 4.78 is 0. The van der Waals surface area contributed by atoms with Gasteiger partial charge in [-0.25, -0.2) is 0 Å². The molecule has 1 rings (SSSR count). The summed E-state index contributed by atoms with van der Waals surface area (Å²) in [6.45, 7) is 3.21. The zero-order valence-electron chi connectivity index (χ0n) is 7.09. The highest BCUT2D eigenvalue weighted by molar-refractivity contribution is 4.87. The zero-order chi connectivity index (χ0) is 8.27. The molecule has 0 aliphatic heterocycles. The van der Waals surface area contributed by atoms with Gasteiger partial charge in [0.1, 0.15) is 0 Å². The van der Waals surface area contributed by atoms with Crippen molar-refractivity contribution in [3.05, 3.63) is 0 Å². The number of rotatable bonds is 4. The fourth-order valence-electron chi connectivity index (χ4n) is 1.26. The van der Waals surface area contributed by atoms with Gasteiger partial charge >= 0.3 is 0 Å². The van der Waals surface area contributed by atoms with Gasteiger partial charge in [-0.15, -0.1) is 0 Å². The van der Waals surface area contributed by atoms with Crippen molar-refractivity contribution in [1.29, 1.82) is 0 Å². The lowest BCUT2D eigenvalue weighted by Gasteiger charge is -2.33. The predicted molar refractivity (Wildman–Crippen MR) is 45.2 cm³/mol. The van der Waals surface area contributed by atoms with Crippen molar-refractivity contribution in [3.63, 3.8) is 0 Å². The number of hydrogen-bond donors (Lipinski definition) is 3. The summed E-state index contributed by atoms with van der Waals surface area (Å²) in [5, 5.41) is 12.1. The molecule has 3 heteroatoms. The maximum Gasteiger partial charge on any atom is 0.0468 e. The monoisotopic (exact) mass is 158 g/mol. The van der Waals surface area contributed by atoms with Crippen LogP contribution in [-0.4, -0.2) is 30.3 Å². The van der Waals surface area contributed by atoms with Crippen molar-refractivity contribution in [2.24, 2.45) is 11.7 Å². The second-order valence-electron chi connectivity index (χ2n) is 3.62. The van der Waals surface area contributed by atoms with Crippen LogP contribution in [0.4, 0.5) is 0 Å². The van der Waals surface area contributed by atoms with Crippen molar-refractivity contribution >= 4 is 0 Å². The molecule has 0 saturated heterocycles. The highest BCUT2D eigenvalue weighted by Crippen LogP contribution is 2.17. The normalized spacial score (nSPS) is 33.0. The summed E-state index contributed by atoms with van der Waals surface area (Å²) in [4.78, 5) is 0. The van der Waals surface area contributed by atoms with Crippen LogP contribution in [0.25, 0.3) is 0 Å². The van der Waals surface area contributed by atoms with Gasteiger partial charge in [0.25, 0.3) is 0 Å². The first kappa shape index (κ1) is 8.97. The van der Waals surface area contributed by atoms with E-state index in [1.54, 1.807) is 0 Å². The number of hydrogen-bond acceptors (Lipinski definition) is 3. The molecular formula is C8H18N2O.